The number of para-hydroxylation sites is 3. The van der Waals surface area contributed by atoms with Crippen LogP contribution in [-0.2, 0) is 56.6 Å². The van der Waals surface area contributed by atoms with Crippen LogP contribution in [0.2, 0.25) is 0 Å². The molecule has 0 aliphatic carbocycles. The number of allylic oxidation sites excluding steroid dienone is 4. The Morgan fingerprint density at radius 3 is 1.21 bits per heavy atom. The third-order valence-corrected chi connectivity index (χ3v) is 13.3. The number of aryl methyl sites for hydroxylation is 2. The number of pyridine rings is 3. The van der Waals surface area contributed by atoms with Crippen LogP contribution in [0.25, 0.3) is 32.7 Å². The molecule has 0 fully saturated rings. The summed E-state index contributed by atoms with van der Waals surface area (Å²) >= 11 is 0. The van der Waals surface area contributed by atoms with Crippen molar-refractivity contribution in [1.82, 2.24) is 15.0 Å². The Bertz CT molecular complexity index is 2450. The van der Waals surface area contributed by atoms with Gasteiger partial charge in [0.1, 0.15) is 5.75 Å². The minimum Gasteiger partial charge on any atom is -0.550 e. The maximum atomic E-state index is 10.6. The Kier molecular flexibility index (Phi) is 37.5. The molecule has 0 unspecified atom stereocenters. The predicted octanol–water partition coefficient (Wildman–Crippen LogP) is 14.7. The Morgan fingerprint density at radius 1 is 0.447 bits per heavy atom. The number of carboxylic acid groups (broad SMARTS) is 3. The number of benzene rings is 3. The molecule has 0 atom stereocenters. The van der Waals surface area contributed by atoms with E-state index >= 15 is 0 Å². The van der Waals surface area contributed by atoms with E-state index in [1.165, 1.54) is 155 Å². The normalized spacial score (nSPS) is 10.9. The fourth-order valence-electron chi connectivity index (χ4n) is 9.17. The van der Waals surface area contributed by atoms with Gasteiger partial charge >= 0.3 is 23.0 Å². The second-order valence-corrected chi connectivity index (χ2v) is 19.5. The quantitative estimate of drug-likeness (QED) is 0.0221. The Balaban J connectivity index is 0.000000408. The van der Waals surface area contributed by atoms with E-state index in [2.05, 4.69) is 87.8 Å². The van der Waals surface area contributed by atoms with Crippen LogP contribution in [0.15, 0.2) is 128 Å². The number of unbranched alkanes of at least 4 members (excludes halogenated alkanes) is 22. The largest absolute Gasteiger partial charge is 2.00 e. The summed E-state index contributed by atoms with van der Waals surface area (Å²) < 4.78 is 0. The Labute approximate surface area is 474 Å². The molecule has 0 amide bonds. The molecule has 3 aromatic heterocycles. The minimum atomic E-state index is -1.23. The number of aromatic carboxylic acids is 1. The summed E-state index contributed by atoms with van der Waals surface area (Å²) in [6.45, 7) is 0. The minimum absolute atomic E-state index is 0. The molecule has 0 bridgehead atoms. The van der Waals surface area contributed by atoms with Gasteiger partial charge in [-0.05, 0) is 138 Å². The van der Waals surface area contributed by atoms with Crippen LogP contribution in [0.3, 0.4) is 0 Å². The van der Waals surface area contributed by atoms with Crippen molar-refractivity contribution >= 4 is 50.6 Å². The number of aromatic nitrogens is 3. The second kappa shape index (κ2) is 42.7. The first-order chi connectivity index (χ1) is 36.2. The second-order valence-electron chi connectivity index (χ2n) is 19.5. The van der Waals surface area contributed by atoms with Crippen LogP contribution in [0.1, 0.15) is 201 Å². The van der Waals surface area contributed by atoms with Crippen LogP contribution < -0.4 is 10.2 Å². The first-order valence-electron chi connectivity index (χ1n) is 27.9. The van der Waals surface area contributed by atoms with Crippen molar-refractivity contribution < 1.29 is 68.9 Å². The molecule has 6 rings (SSSR count). The van der Waals surface area contributed by atoms with Crippen molar-refractivity contribution in [2.24, 2.45) is 0 Å². The van der Waals surface area contributed by atoms with E-state index in [-0.39, 0.29) is 58.4 Å². The van der Waals surface area contributed by atoms with Gasteiger partial charge in [-0.3, -0.25) is 9.97 Å². The van der Waals surface area contributed by atoms with Gasteiger partial charge in [0.25, 0.3) is 0 Å². The molecule has 0 saturated heterocycles. The molecule has 3 aromatic carbocycles. The molecule has 418 valence electrons. The summed E-state index contributed by atoms with van der Waals surface area (Å²) in [6.07, 6.45) is 46.9. The summed E-state index contributed by atoms with van der Waals surface area (Å²) in [7, 11) is 0. The first kappa shape index (κ1) is 66.7. The van der Waals surface area contributed by atoms with Crippen molar-refractivity contribution in [3.8, 4) is 5.75 Å². The van der Waals surface area contributed by atoms with Gasteiger partial charge in [0.15, 0.2) is 5.69 Å². The average Bonchev–Trinajstić information content (AvgIpc) is 3.40. The molecule has 2 radical (unpaired) electrons. The molecule has 10 nitrogen and oxygen atoms in total. The van der Waals surface area contributed by atoms with Crippen molar-refractivity contribution in [2.45, 2.75) is 193 Å². The molecule has 3 heterocycles. The average molecular weight is 1130 g/mol. The van der Waals surface area contributed by atoms with E-state index in [1.807, 2.05) is 24.5 Å². The molecule has 6 aromatic rings. The fraction of sp³-hybridized carbons (Fsp3) is 0.469. The topological polar surface area (TPSA) is 176 Å². The van der Waals surface area contributed by atoms with E-state index in [1.54, 1.807) is 24.3 Å². The number of nitrogens with zero attached hydrogens (tertiary/aromatic N) is 3. The van der Waals surface area contributed by atoms with Crippen LogP contribution >= 0.6 is 0 Å². The fourth-order valence-corrected chi connectivity index (χ4v) is 9.17. The van der Waals surface area contributed by atoms with E-state index in [0.29, 0.717) is 5.52 Å². The molecule has 76 heavy (non-hydrogen) atoms. The number of carbonyl (C=O) groups excluding carboxylic acids is 2. The van der Waals surface area contributed by atoms with E-state index in [0.717, 1.165) is 69.6 Å². The SMILES string of the molecule is O=C(O)c1nc2ccccc2cc1O.O=C([O-])CCCCCCC/C=C\CCCCCCCCc1cccc2cccnc12.O=C([O-])CCCCCCC/C=C\CCCCCCCCc1cccc2cccnc12.[Cu+2].[Cu]. The predicted molar refractivity (Wildman–Crippen MR) is 299 cm³/mol. The van der Waals surface area contributed by atoms with Crippen molar-refractivity contribution in [3.05, 3.63) is 145 Å². The van der Waals surface area contributed by atoms with Gasteiger partial charge in [0, 0.05) is 57.6 Å². The summed E-state index contributed by atoms with van der Waals surface area (Å²) in [5.41, 5.74) is 5.35. The van der Waals surface area contributed by atoms with E-state index < -0.39 is 17.9 Å². The van der Waals surface area contributed by atoms with Crippen molar-refractivity contribution in [1.29, 1.82) is 0 Å². The third kappa shape index (κ3) is 29.2. The van der Waals surface area contributed by atoms with Crippen LogP contribution in [-0.4, -0.2) is 43.1 Å². The van der Waals surface area contributed by atoms with E-state index in [4.69, 9.17) is 5.11 Å². The standard InChI is InChI=1S/2C27H39NO2.C10H7NO3.2Cu/c2*29-26(30)22-15-13-11-9-7-5-3-1-2-4-6-8-10-12-14-18-24-19-16-20-25-21-17-23-28-27(24)25;12-8-5-6-3-1-2-4-7(6)11-9(8)10(13)14;;/h2*1,3,16-17,19-21,23H,2,4-15,18,22H2,(H,29,30);1-5,12H,(H,13,14);;/q;;;;+2/p-2/b2*3-1-;;;. The molecular weight excluding hydrogens is 1050 g/mol. The number of aliphatic carboxylic acids is 2. The van der Waals surface area contributed by atoms with Gasteiger partial charge in [-0.2, -0.15) is 0 Å². The number of aromatic hydroxyl groups is 1. The molecule has 0 aliphatic heterocycles. The van der Waals surface area contributed by atoms with Gasteiger partial charge in [-0.1, -0.05) is 181 Å². The number of carbonyl (C=O) groups is 3. The third-order valence-electron chi connectivity index (χ3n) is 13.3. The number of hydrogen-bond acceptors (Lipinski definition) is 9. The van der Waals surface area contributed by atoms with Crippen LogP contribution in [0.4, 0.5) is 0 Å². The maximum Gasteiger partial charge on any atom is 2.00 e. The number of rotatable bonds is 35. The number of carboxylic acids is 3. The van der Waals surface area contributed by atoms with Crippen LogP contribution in [0.5, 0.6) is 5.75 Å². The van der Waals surface area contributed by atoms with Crippen molar-refractivity contribution in [3.63, 3.8) is 0 Å². The molecule has 12 heteroatoms. The molecular formula is C64H83Cu2N3O7. The summed E-state index contributed by atoms with van der Waals surface area (Å²) in [4.78, 5) is 44.2. The molecule has 0 spiro atoms. The number of fused-ring (bicyclic) bond motifs is 3. The van der Waals surface area contributed by atoms with Gasteiger partial charge in [-0.15, -0.1) is 0 Å². The summed E-state index contributed by atoms with van der Waals surface area (Å²) in [5, 5.41) is 41.9. The van der Waals surface area contributed by atoms with Gasteiger partial charge in [0.05, 0.1) is 16.6 Å². The van der Waals surface area contributed by atoms with Crippen LogP contribution in [0, 0.1) is 0 Å². The maximum absolute atomic E-state index is 10.6. The van der Waals surface area contributed by atoms with E-state index in [9.17, 15) is 29.7 Å². The van der Waals surface area contributed by atoms with Gasteiger partial charge in [0.2, 0.25) is 0 Å². The first-order valence-corrected chi connectivity index (χ1v) is 27.9. The number of hydrogen-bond donors (Lipinski definition) is 2. The zero-order chi connectivity index (χ0) is 52.7. The summed E-state index contributed by atoms with van der Waals surface area (Å²) in [6, 6.07) is 29.7. The molecule has 0 aliphatic rings. The Hall–Kier alpha value is -5.38. The smallest absolute Gasteiger partial charge is 0.550 e. The monoisotopic (exact) mass is 1130 g/mol. The molecule has 2 N–H and O–H groups in total. The zero-order valence-corrected chi connectivity index (χ0v) is 46.6. The zero-order valence-electron chi connectivity index (χ0n) is 44.7. The summed E-state index contributed by atoms with van der Waals surface area (Å²) in [5.74, 6) is -3.38. The van der Waals surface area contributed by atoms with Gasteiger partial charge < -0.3 is 30.0 Å². The van der Waals surface area contributed by atoms with Crippen molar-refractivity contribution in [2.75, 3.05) is 0 Å². The van der Waals surface area contributed by atoms with Gasteiger partial charge in [-0.25, -0.2) is 9.78 Å². The molecule has 0 saturated carbocycles. The Morgan fingerprint density at radius 2 is 0.803 bits per heavy atom.